The van der Waals surface area contributed by atoms with E-state index in [4.69, 9.17) is 16.7 Å². The normalized spacial score (nSPS) is 15.6. The number of aromatic nitrogens is 1. The van der Waals surface area contributed by atoms with Crippen LogP contribution >= 0.6 is 11.6 Å². The number of carbonyl (C=O) groups is 1. The van der Waals surface area contributed by atoms with Gasteiger partial charge in [-0.15, -0.1) is 0 Å². The molecule has 3 rings (SSSR count). The number of pyridine rings is 1. The topological polar surface area (TPSA) is 82.8 Å². The number of aliphatic carboxylic acids is 1. The largest absolute Gasteiger partial charge is 0.505 e. The van der Waals surface area contributed by atoms with E-state index in [2.05, 4.69) is 9.98 Å². The van der Waals surface area contributed by atoms with Crippen LogP contribution in [0, 0.1) is 0 Å². The van der Waals surface area contributed by atoms with Gasteiger partial charge in [0.05, 0.1) is 11.4 Å². The fourth-order valence-electron chi connectivity index (χ4n) is 2.52. The zero-order valence-electron chi connectivity index (χ0n) is 13.2. The Labute approximate surface area is 149 Å². The van der Waals surface area contributed by atoms with E-state index in [0.717, 1.165) is 11.1 Å². The fourth-order valence-corrected chi connectivity index (χ4v) is 2.65. The molecule has 1 aromatic heterocycles. The van der Waals surface area contributed by atoms with E-state index in [-0.39, 0.29) is 11.3 Å². The molecule has 6 heteroatoms. The van der Waals surface area contributed by atoms with Gasteiger partial charge in [-0.25, -0.2) is 9.79 Å². The number of aliphatic hydroxyl groups excluding tert-OH is 1. The first kappa shape index (κ1) is 16.9. The Kier molecular flexibility index (Phi) is 4.95. The minimum atomic E-state index is -1.18. The van der Waals surface area contributed by atoms with Gasteiger partial charge >= 0.3 is 5.97 Å². The third-order valence-corrected chi connectivity index (χ3v) is 4.05. The van der Waals surface area contributed by atoms with E-state index in [0.29, 0.717) is 29.3 Å². The van der Waals surface area contributed by atoms with Crippen molar-refractivity contribution in [3.05, 3.63) is 82.4 Å². The molecule has 0 radical (unpaired) electrons. The maximum Gasteiger partial charge on any atom is 0.339 e. The highest BCUT2D eigenvalue weighted by molar-refractivity contribution is 6.30. The second kappa shape index (κ2) is 7.32. The maximum atomic E-state index is 11.2. The van der Waals surface area contributed by atoms with E-state index in [1.54, 1.807) is 24.5 Å². The Balaban J connectivity index is 1.95. The van der Waals surface area contributed by atoms with Crippen molar-refractivity contribution in [1.29, 1.82) is 0 Å². The standard InChI is InChI=1S/C19H15ClN2O3/c20-14-6-4-12(5-7-14)10-13-11-21-9-8-16(13)22-17-3-1-2-15(18(17)23)19(24)25/h1-2,4-9,11,23H,3,10H2,(H,24,25). The molecule has 1 heterocycles. The van der Waals surface area contributed by atoms with Crippen LogP contribution in [0.4, 0.5) is 5.69 Å². The van der Waals surface area contributed by atoms with Crippen molar-refractivity contribution in [2.45, 2.75) is 12.8 Å². The van der Waals surface area contributed by atoms with Crippen LogP contribution in [0.5, 0.6) is 0 Å². The third kappa shape index (κ3) is 3.95. The van der Waals surface area contributed by atoms with Gasteiger partial charge in [-0.1, -0.05) is 29.8 Å². The highest BCUT2D eigenvalue weighted by Crippen LogP contribution is 2.25. The minimum absolute atomic E-state index is 0.154. The summed E-state index contributed by atoms with van der Waals surface area (Å²) in [6.07, 6.45) is 7.35. The van der Waals surface area contributed by atoms with Gasteiger partial charge in [0.15, 0.2) is 5.76 Å². The molecule has 126 valence electrons. The number of benzene rings is 1. The average molecular weight is 355 g/mol. The van der Waals surface area contributed by atoms with E-state index >= 15 is 0 Å². The highest BCUT2D eigenvalue weighted by atomic mass is 35.5. The van der Waals surface area contributed by atoms with Crippen molar-refractivity contribution in [2.24, 2.45) is 4.99 Å². The number of nitrogens with zero attached hydrogens (tertiary/aromatic N) is 2. The Morgan fingerprint density at radius 3 is 2.72 bits per heavy atom. The van der Waals surface area contributed by atoms with E-state index in [1.807, 2.05) is 24.3 Å². The van der Waals surface area contributed by atoms with Crippen LogP contribution in [0.15, 0.2) is 71.2 Å². The molecule has 0 atom stereocenters. The molecule has 1 aliphatic carbocycles. The van der Waals surface area contributed by atoms with Crippen molar-refractivity contribution < 1.29 is 15.0 Å². The lowest BCUT2D eigenvalue weighted by atomic mass is 10.0. The van der Waals surface area contributed by atoms with Gasteiger partial charge in [-0.3, -0.25) is 4.98 Å². The Morgan fingerprint density at radius 2 is 2.00 bits per heavy atom. The van der Waals surface area contributed by atoms with Crippen molar-refractivity contribution in [2.75, 3.05) is 0 Å². The van der Waals surface area contributed by atoms with Crippen LogP contribution in [0.25, 0.3) is 0 Å². The molecular weight excluding hydrogens is 340 g/mol. The van der Waals surface area contributed by atoms with Crippen LogP contribution < -0.4 is 0 Å². The lowest BCUT2D eigenvalue weighted by molar-refractivity contribution is -0.132. The average Bonchev–Trinajstić information content (AvgIpc) is 2.60. The Bertz CT molecular complexity index is 899. The third-order valence-electron chi connectivity index (χ3n) is 3.80. The SMILES string of the molecule is O=C(O)C1=C(O)C(=Nc2ccncc2Cc2ccc(Cl)cc2)CC=C1. The molecule has 2 N–H and O–H groups in total. The van der Waals surface area contributed by atoms with E-state index in [9.17, 15) is 9.90 Å². The molecule has 0 saturated heterocycles. The molecule has 2 aromatic rings. The molecule has 0 fully saturated rings. The number of allylic oxidation sites excluding steroid dienone is 2. The van der Waals surface area contributed by atoms with Gasteiger partial charge in [0.2, 0.25) is 0 Å². The number of hydrogen-bond acceptors (Lipinski definition) is 4. The van der Waals surface area contributed by atoms with Gasteiger partial charge in [-0.2, -0.15) is 0 Å². The minimum Gasteiger partial charge on any atom is -0.505 e. The predicted molar refractivity (Wildman–Crippen MR) is 96.6 cm³/mol. The number of aliphatic imine (C=N–C) groups is 1. The quantitative estimate of drug-likeness (QED) is 0.859. The number of rotatable bonds is 4. The Hall–Kier alpha value is -2.92. The number of carboxylic acids is 1. The molecule has 0 amide bonds. The second-order valence-electron chi connectivity index (χ2n) is 5.54. The summed E-state index contributed by atoms with van der Waals surface area (Å²) in [6, 6.07) is 9.23. The predicted octanol–water partition coefficient (Wildman–Crippen LogP) is 4.25. The smallest absolute Gasteiger partial charge is 0.339 e. The molecule has 1 aliphatic rings. The molecule has 1 aromatic carbocycles. The van der Waals surface area contributed by atoms with Gasteiger partial charge in [0.1, 0.15) is 5.57 Å². The number of halogens is 1. The van der Waals surface area contributed by atoms with E-state index in [1.165, 1.54) is 6.08 Å². The second-order valence-corrected chi connectivity index (χ2v) is 5.98. The number of carboxylic acid groups (broad SMARTS) is 1. The monoisotopic (exact) mass is 354 g/mol. The molecule has 0 saturated carbocycles. The molecule has 0 aliphatic heterocycles. The van der Waals surface area contributed by atoms with Crippen LogP contribution in [0.3, 0.4) is 0 Å². The first-order chi connectivity index (χ1) is 12.0. The molecule has 0 unspecified atom stereocenters. The zero-order chi connectivity index (χ0) is 17.8. The maximum absolute atomic E-state index is 11.2. The van der Waals surface area contributed by atoms with Gasteiger partial charge < -0.3 is 10.2 Å². The van der Waals surface area contributed by atoms with Gasteiger partial charge in [0.25, 0.3) is 0 Å². The summed E-state index contributed by atoms with van der Waals surface area (Å²) in [5, 5.41) is 19.9. The first-order valence-corrected chi connectivity index (χ1v) is 8.00. The number of hydrogen-bond donors (Lipinski definition) is 2. The summed E-state index contributed by atoms with van der Waals surface area (Å²) in [5.74, 6) is -1.48. The van der Waals surface area contributed by atoms with Crippen molar-refractivity contribution in [1.82, 2.24) is 4.98 Å². The van der Waals surface area contributed by atoms with Gasteiger partial charge in [-0.05, 0) is 29.8 Å². The lowest BCUT2D eigenvalue weighted by Crippen LogP contribution is -2.13. The number of aliphatic hydroxyl groups is 1. The molecule has 0 spiro atoms. The summed E-state index contributed by atoms with van der Waals surface area (Å²) in [6.45, 7) is 0. The lowest BCUT2D eigenvalue weighted by Gasteiger charge is -2.12. The zero-order valence-corrected chi connectivity index (χ0v) is 13.9. The van der Waals surface area contributed by atoms with Gasteiger partial charge in [0, 0.05) is 35.8 Å². The van der Waals surface area contributed by atoms with Crippen LogP contribution in [0.2, 0.25) is 5.02 Å². The summed E-state index contributed by atoms with van der Waals surface area (Å²) >= 11 is 5.91. The summed E-state index contributed by atoms with van der Waals surface area (Å²) in [5.41, 5.74) is 2.73. The Morgan fingerprint density at radius 1 is 1.24 bits per heavy atom. The van der Waals surface area contributed by atoms with Crippen molar-refractivity contribution in [3.8, 4) is 0 Å². The highest BCUT2D eigenvalue weighted by Gasteiger charge is 2.19. The molecule has 0 bridgehead atoms. The molecule has 25 heavy (non-hydrogen) atoms. The van der Waals surface area contributed by atoms with Crippen LogP contribution in [0.1, 0.15) is 17.5 Å². The van der Waals surface area contributed by atoms with E-state index < -0.39 is 5.97 Å². The van der Waals surface area contributed by atoms with Crippen molar-refractivity contribution in [3.63, 3.8) is 0 Å². The summed E-state index contributed by atoms with van der Waals surface area (Å²) < 4.78 is 0. The van der Waals surface area contributed by atoms with Crippen LogP contribution in [-0.2, 0) is 11.2 Å². The summed E-state index contributed by atoms with van der Waals surface area (Å²) in [4.78, 5) is 19.8. The first-order valence-electron chi connectivity index (χ1n) is 7.63. The van der Waals surface area contributed by atoms with Crippen molar-refractivity contribution >= 4 is 29.0 Å². The molecular formula is C19H15ClN2O3. The fraction of sp³-hybridized carbons (Fsp3) is 0.105. The summed E-state index contributed by atoms with van der Waals surface area (Å²) in [7, 11) is 0. The molecule has 5 nitrogen and oxygen atoms in total. The van der Waals surface area contributed by atoms with Crippen LogP contribution in [-0.4, -0.2) is 26.9 Å².